The summed E-state index contributed by atoms with van der Waals surface area (Å²) in [6.07, 6.45) is 0. The van der Waals surface area contributed by atoms with Crippen LogP contribution in [0, 0.1) is 0 Å². The first-order chi connectivity index (χ1) is 7.81. The molecule has 0 saturated carbocycles. The van der Waals surface area contributed by atoms with Crippen LogP contribution in [0.15, 0.2) is 29.2 Å². The molecule has 102 valence electrons. The highest BCUT2D eigenvalue weighted by Crippen LogP contribution is 2.13. The fourth-order valence-corrected chi connectivity index (χ4v) is 2.40. The molecule has 0 saturated heterocycles. The number of quaternary nitrogens is 1. The molecular weight excluding hydrogens is 278 g/mol. The second kappa shape index (κ2) is 6.69. The molecule has 8 heteroatoms. The van der Waals surface area contributed by atoms with Crippen LogP contribution in [-0.2, 0) is 14.8 Å². The number of benzene rings is 1. The fraction of sp³-hybridized carbons (Fsp3) is 0.300. The lowest BCUT2D eigenvalue weighted by atomic mass is 10.3. The zero-order chi connectivity index (χ0) is 13.1. The van der Waals surface area contributed by atoms with Gasteiger partial charge in [0.05, 0.1) is 19.0 Å². The standard InChI is InChI=1S/C10H15N3O3S.ClH/c1-8(14)11-9-4-6-10(7-5-9)17(15,16)12-13(2)3;/h4-7,12H,1-3H3,(H,11,14);1H. The van der Waals surface area contributed by atoms with E-state index >= 15 is 0 Å². The molecular formula is C10H16ClN3O3S. The molecule has 0 aromatic heterocycles. The number of halogens is 1. The summed E-state index contributed by atoms with van der Waals surface area (Å²) in [5.74, 6) is -0.198. The normalized spacial score (nSPS) is 10.9. The van der Waals surface area contributed by atoms with Gasteiger partial charge in [-0.05, 0) is 24.3 Å². The minimum absolute atomic E-state index is 0. The molecule has 0 fully saturated rings. The van der Waals surface area contributed by atoms with Crippen LogP contribution in [0.4, 0.5) is 5.69 Å². The van der Waals surface area contributed by atoms with Crippen molar-refractivity contribution >= 4 is 21.6 Å². The minimum atomic E-state index is -3.50. The van der Waals surface area contributed by atoms with Crippen LogP contribution in [0.5, 0.6) is 0 Å². The maximum atomic E-state index is 11.8. The van der Waals surface area contributed by atoms with Crippen molar-refractivity contribution < 1.29 is 30.6 Å². The molecule has 1 rings (SSSR count). The van der Waals surface area contributed by atoms with E-state index in [1.165, 1.54) is 19.1 Å². The van der Waals surface area contributed by atoms with E-state index in [2.05, 4.69) is 10.1 Å². The van der Waals surface area contributed by atoms with Crippen molar-refractivity contribution in [1.82, 2.24) is 4.83 Å². The van der Waals surface area contributed by atoms with Crippen molar-refractivity contribution in [2.24, 2.45) is 0 Å². The maximum absolute atomic E-state index is 11.8. The molecule has 18 heavy (non-hydrogen) atoms. The summed E-state index contributed by atoms with van der Waals surface area (Å²) < 4.78 is 23.5. The zero-order valence-electron chi connectivity index (χ0n) is 10.3. The summed E-state index contributed by atoms with van der Waals surface area (Å²) in [4.78, 5) is 13.4. The average Bonchev–Trinajstić information content (AvgIpc) is 2.15. The first-order valence-electron chi connectivity index (χ1n) is 5.02. The van der Waals surface area contributed by atoms with E-state index in [9.17, 15) is 13.2 Å². The number of nitrogens with one attached hydrogen (secondary N) is 3. The monoisotopic (exact) mass is 293 g/mol. The highest BCUT2D eigenvalue weighted by Gasteiger charge is 2.16. The van der Waals surface area contributed by atoms with Gasteiger partial charge >= 0.3 is 0 Å². The number of rotatable bonds is 4. The van der Waals surface area contributed by atoms with Crippen molar-refractivity contribution in [3.05, 3.63) is 24.3 Å². The summed E-state index contributed by atoms with van der Waals surface area (Å²) >= 11 is 0. The Kier molecular flexibility index (Phi) is 6.27. The highest BCUT2D eigenvalue weighted by molar-refractivity contribution is 7.89. The molecule has 0 aliphatic rings. The van der Waals surface area contributed by atoms with Crippen LogP contribution in [-0.4, -0.2) is 28.4 Å². The molecule has 0 spiro atoms. The van der Waals surface area contributed by atoms with Gasteiger partial charge < -0.3 is 17.7 Å². The number of amides is 1. The number of sulfonamides is 1. The number of hydrogen-bond donors (Lipinski definition) is 3. The molecule has 3 N–H and O–H groups in total. The second-order valence-electron chi connectivity index (χ2n) is 3.81. The van der Waals surface area contributed by atoms with Crippen LogP contribution in [0.2, 0.25) is 0 Å². The Morgan fingerprint density at radius 1 is 1.17 bits per heavy atom. The van der Waals surface area contributed by atoms with Gasteiger partial charge in [-0.2, -0.15) is 0 Å². The second-order valence-corrected chi connectivity index (χ2v) is 5.49. The molecule has 0 heterocycles. The van der Waals surface area contributed by atoms with E-state index in [0.717, 1.165) is 0 Å². The average molecular weight is 294 g/mol. The quantitative estimate of drug-likeness (QED) is 0.495. The van der Waals surface area contributed by atoms with E-state index in [1.54, 1.807) is 26.2 Å². The third-order valence-electron chi connectivity index (χ3n) is 1.82. The van der Waals surface area contributed by atoms with Gasteiger partial charge in [-0.1, -0.05) is 4.83 Å². The summed E-state index contributed by atoms with van der Waals surface area (Å²) in [7, 11) is -0.165. The van der Waals surface area contributed by atoms with Crippen LogP contribution >= 0.6 is 0 Å². The van der Waals surface area contributed by atoms with Gasteiger partial charge in [0.1, 0.15) is 0 Å². The lowest BCUT2D eigenvalue weighted by molar-refractivity contribution is -0.890. The lowest BCUT2D eigenvalue weighted by Crippen LogP contribution is -3.13. The SMILES string of the molecule is CC(=O)Nc1ccc(S(=O)(=O)N[NH+](C)C)cc1.[Cl-]. The van der Waals surface area contributed by atoms with Crippen molar-refractivity contribution in [1.29, 1.82) is 0 Å². The van der Waals surface area contributed by atoms with Gasteiger partial charge in [-0.3, -0.25) is 4.79 Å². The summed E-state index contributed by atoms with van der Waals surface area (Å²) in [6.45, 7) is 1.39. The van der Waals surface area contributed by atoms with Gasteiger partial charge in [-0.25, -0.2) is 13.4 Å². The molecule has 1 aromatic carbocycles. The molecule has 0 radical (unpaired) electrons. The van der Waals surface area contributed by atoms with Crippen LogP contribution in [0.25, 0.3) is 0 Å². The Morgan fingerprint density at radius 3 is 2.06 bits per heavy atom. The number of carbonyl (C=O) groups excluding carboxylic acids is 1. The molecule has 0 unspecified atom stereocenters. The molecule has 1 amide bonds. The number of carbonyl (C=O) groups is 1. The van der Waals surface area contributed by atoms with Gasteiger partial charge in [0.2, 0.25) is 5.91 Å². The van der Waals surface area contributed by atoms with E-state index in [4.69, 9.17) is 0 Å². The molecule has 6 nitrogen and oxygen atoms in total. The van der Waals surface area contributed by atoms with E-state index in [0.29, 0.717) is 10.7 Å². The minimum Gasteiger partial charge on any atom is -1.00 e. The lowest BCUT2D eigenvalue weighted by Gasteiger charge is -2.09. The Labute approximate surface area is 113 Å². The van der Waals surface area contributed by atoms with Crippen LogP contribution in [0.1, 0.15) is 6.92 Å². The van der Waals surface area contributed by atoms with Gasteiger partial charge in [0, 0.05) is 12.6 Å². The Bertz CT molecular complexity index is 500. The smallest absolute Gasteiger partial charge is 0.282 e. The summed E-state index contributed by atoms with van der Waals surface area (Å²) in [5.41, 5.74) is 0.564. The highest BCUT2D eigenvalue weighted by atomic mass is 35.5. The summed E-state index contributed by atoms with van der Waals surface area (Å²) in [6, 6.07) is 5.97. The Morgan fingerprint density at radius 2 is 1.67 bits per heavy atom. The first-order valence-corrected chi connectivity index (χ1v) is 6.50. The third kappa shape index (κ3) is 5.01. The molecule has 0 atom stereocenters. The molecule has 1 aromatic rings. The van der Waals surface area contributed by atoms with E-state index in [-0.39, 0.29) is 23.2 Å². The van der Waals surface area contributed by atoms with Crippen molar-refractivity contribution in [2.75, 3.05) is 19.4 Å². The van der Waals surface area contributed by atoms with E-state index in [1.807, 2.05) is 0 Å². The predicted octanol–water partition coefficient (Wildman–Crippen LogP) is -4.01. The summed E-state index contributed by atoms with van der Waals surface area (Å²) in [5, 5.41) is 3.16. The van der Waals surface area contributed by atoms with Crippen molar-refractivity contribution in [2.45, 2.75) is 11.8 Å². The number of anilines is 1. The third-order valence-corrected chi connectivity index (χ3v) is 3.39. The molecule has 0 bridgehead atoms. The van der Waals surface area contributed by atoms with Gasteiger partial charge in [0.15, 0.2) is 0 Å². The Hall–Kier alpha value is -1.15. The van der Waals surface area contributed by atoms with Crippen molar-refractivity contribution in [3.63, 3.8) is 0 Å². The number of hydrogen-bond acceptors (Lipinski definition) is 3. The van der Waals surface area contributed by atoms with Gasteiger partial charge in [-0.15, -0.1) is 0 Å². The van der Waals surface area contributed by atoms with Gasteiger partial charge in [0.25, 0.3) is 10.0 Å². The van der Waals surface area contributed by atoms with E-state index < -0.39 is 10.0 Å². The zero-order valence-corrected chi connectivity index (χ0v) is 11.9. The maximum Gasteiger partial charge on any atom is 0.282 e. The Balaban J connectivity index is 0.00000289. The van der Waals surface area contributed by atoms with Crippen LogP contribution in [0.3, 0.4) is 0 Å². The fourth-order valence-electron chi connectivity index (χ4n) is 1.25. The molecule has 0 aliphatic heterocycles. The van der Waals surface area contributed by atoms with Crippen LogP contribution < -0.4 is 27.6 Å². The topological polar surface area (TPSA) is 79.7 Å². The predicted molar refractivity (Wildman–Crippen MR) is 63.9 cm³/mol. The van der Waals surface area contributed by atoms with Crippen molar-refractivity contribution in [3.8, 4) is 0 Å². The largest absolute Gasteiger partial charge is 1.00 e. The molecule has 0 aliphatic carbocycles. The first kappa shape index (κ1) is 16.9.